The van der Waals surface area contributed by atoms with E-state index in [1.165, 1.54) is 0 Å². The minimum absolute atomic E-state index is 0.0315. The largest absolute Gasteiger partial charge is 0.381 e. The number of piperidine rings is 1. The number of hydrogen-bond donors (Lipinski definition) is 3. The summed E-state index contributed by atoms with van der Waals surface area (Å²) >= 11 is 0. The van der Waals surface area contributed by atoms with Crippen molar-refractivity contribution in [1.82, 2.24) is 15.6 Å². The van der Waals surface area contributed by atoms with E-state index in [0.717, 1.165) is 44.6 Å². The van der Waals surface area contributed by atoms with Gasteiger partial charge in [0.2, 0.25) is 0 Å². The van der Waals surface area contributed by atoms with Crippen molar-refractivity contribution in [2.45, 2.75) is 57.5 Å². The number of rotatable bonds is 6. The van der Waals surface area contributed by atoms with Crippen LogP contribution >= 0.6 is 0 Å². The highest BCUT2D eigenvalue weighted by Gasteiger charge is 2.33. The van der Waals surface area contributed by atoms with E-state index < -0.39 is 6.17 Å². The highest BCUT2D eigenvalue weighted by Crippen LogP contribution is 2.25. The van der Waals surface area contributed by atoms with Crippen molar-refractivity contribution in [2.75, 3.05) is 38.3 Å². The van der Waals surface area contributed by atoms with Crippen LogP contribution in [0.3, 0.4) is 0 Å². The van der Waals surface area contributed by atoms with Crippen LogP contribution in [0.25, 0.3) is 0 Å². The molecular formula is C20H33N5O3. The molecule has 2 fully saturated rings. The standard InChI is InChI=1S/C20H33N5O3/c1-13-10-16(20(26)23-14(2)21)19(22-11-13)25-7-4-17(18(12-25)27-3)24-15-5-8-28-9-6-15/h10-11,14-15,17-18,24H,4-9,12,21H2,1-3H3,(H,23,26). The molecule has 0 radical (unpaired) electrons. The lowest BCUT2D eigenvalue weighted by molar-refractivity contribution is 0.0359. The number of aromatic nitrogens is 1. The zero-order valence-electron chi connectivity index (χ0n) is 17.1. The Labute approximate surface area is 167 Å². The monoisotopic (exact) mass is 391 g/mol. The molecule has 2 saturated heterocycles. The molecule has 0 aliphatic carbocycles. The summed E-state index contributed by atoms with van der Waals surface area (Å²) in [6, 6.07) is 2.64. The van der Waals surface area contributed by atoms with E-state index in [1.807, 2.05) is 13.0 Å². The molecule has 1 aromatic heterocycles. The highest BCUT2D eigenvalue weighted by molar-refractivity contribution is 5.99. The minimum atomic E-state index is -0.415. The first-order valence-corrected chi connectivity index (χ1v) is 10.1. The van der Waals surface area contributed by atoms with Gasteiger partial charge in [0.15, 0.2) is 0 Å². The number of pyridine rings is 1. The second kappa shape index (κ2) is 9.65. The Morgan fingerprint density at radius 1 is 1.39 bits per heavy atom. The van der Waals surface area contributed by atoms with E-state index in [4.69, 9.17) is 15.2 Å². The lowest BCUT2D eigenvalue weighted by Crippen LogP contribution is -2.56. The smallest absolute Gasteiger partial charge is 0.256 e. The Morgan fingerprint density at radius 2 is 2.14 bits per heavy atom. The van der Waals surface area contributed by atoms with Crippen LogP contribution < -0.4 is 21.3 Å². The Kier molecular flexibility index (Phi) is 7.23. The fourth-order valence-electron chi connectivity index (χ4n) is 3.97. The summed E-state index contributed by atoms with van der Waals surface area (Å²) in [6.07, 6.45) is 4.42. The Balaban J connectivity index is 1.72. The fourth-order valence-corrected chi connectivity index (χ4v) is 3.97. The predicted octanol–water partition coefficient (Wildman–Crippen LogP) is 0.787. The number of nitrogens with zero attached hydrogens (tertiary/aromatic N) is 2. The van der Waals surface area contributed by atoms with Crippen molar-refractivity contribution in [3.63, 3.8) is 0 Å². The molecule has 2 aliphatic heterocycles. The third-order valence-electron chi connectivity index (χ3n) is 5.44. The third-order valence-corrected chi connectivity index (χ3v) is 5.44. The summed E-state index contributed by atoms with van der Waals surface area (Å²) in [5.41, 5.74) is 7.25. The first-order chi connectivity index (χ1) is 13.5. The summed E-state index contributed by atoms with van der Waals surface area (Å²) in [6.45, 7) is 6.82. The molecule has 28 heavy (non-hydrogen) atoms. The maximum atomic E-state index is 12.6. The molecule has 1 amide bonds. The van der Waals surface area contributed by atoms with Crippen molar-refractivity contribution >= 4 is 11.7 Å². The quantitative estimate of drug-likeness (QED) is 0.616. The van der Waals surface area contributed by atoms with Crippen molar-refractivity contribution < 1.29 is 14.3 Å². The van der Waals surface area contributed by atoms with E-state index >= 15 is 0 Å². The number of carbonyl (C=O) groups excluding carboxylic acids is 1. The topological polar surface area (TPSA) is 102 Å². The molecule has 1 aromatic rings. The molecule has 3 atom stereocenters. The molecule has 0 bridgehead atoms. The van der Waals surface area contributed by atoms with Gasteiger partial charge in [-0.25, -0.2) is 4.98 Å². The van der Waals surface area contributed by atoms with Crippen molar-refractivity contribution in [3.05, 3.63) is 23.4 Å². The molecule has 8 heteroatoms. The van der Waals surface area contributed by atoms with Crippen molar-refractivity contribution in [3.8, 4) is 0 Å². The van der Waals surface area contributed by atoms with E-state index in [1.54, 1.807) is 20.2 Å². The first-order valence-electron chi connectivity index (χ1n) is 10.1. The van der Waals surface area contributed by atoms with Gasteiger partial charge >= 0.3 is 0 Å². The van der Waals surface area contributed by atoms with Gasteiger partial charge in [0, 0.05) is 51.7 Å². The van der Waals surface area contributed by atoms with Gasteiger partial charge in [0.1, 0.15) is 5.82 Å². The molecule has 156 valence electrons. The van der Waals surface area contributed by atoms with E-state index in [9.17, 15) is 4.79 Å². The van der Waals surface area contributed by atoms with Gasteiger partial charge in [-0.15, -0.1) is 0 Å². The van der Waals surface area contributed by atoms with Gasteiger partial charge in [-0.2, -0.15) is 0 Å². The number of nitrogens with two attached hydrogens (primary N) is 1. The summed E-state index contributed by atoms with van der Waals surface area (Å²) in [5, 5.41) is 6.53. The molecule has 4 N–H and O–H groups in total. The first kappa shape index (κ1) is 21.0. The van der Waals surface area contributed by atoms with Crippen LogP contribution in [0, 0.1) is 6.92 Å². The second-order valence-electron chi connectivity index (χ2n) is 7.81. The zero-order chi connectivity index (χ0) is 20.1. The van der Waals surface area contributed by atoms with Gasteiger partial charge < -0.3 is 30.7 Å². The van der Waals surface area contributed by atoms with Crippen molar-refractivity contribution in [2.24, 2.45) is 5.73 Å². The number of nitrogens with one attached hydrogen (secondary N) is 2. The molecule has 0 spiro atoms. The average Bonchev–Trinajstić information content (AvgIpc) is 2.68. The Bertz CT molecular complexity index is 663. The molecular weight excluding hydrogens is 358 g/mol. The molecule has 3 unspecified atom stereocenters. The SMILES string of the molecule is COC1CN(c2ncc(C)cc2C(=O)NC(C)N)CCC1NC1CCOCC1. The second-order valence-corrected chi connectivity index (χ2v) is 7.81. The molecule has 0 saturated carbocycles. The van der Waals surface area contributed by atoms with Gasteiger partial charge in [-0.05, 0) is 44.7 Å². The Morgan fingerprint density at radius 3 is 2.82 bits per heavy atom. The van der Waals surface area contributed by atoms with Gasteiger partial charge in [-0.3, -0.25) is 4.79 Å². The lowest BCUT2D eigenvalue weighted by atomic mass is 9.98. The summed E-state index contributed by atoms with van der Waals surface area (Å²) in [5.74, 6) is 0.493. The third kappa shape index (κ3) is 5.20. The lowest BCUT2D eigenvalue weighted by Gasteiger charge is -2.41. The number of aryl methyl sites for hydroxylation is 1. The number of carbonyl (C=O) groups is 1. The predicted molar refractivity (Wildman–Crippen MR) is 108 cm³/mol. The molecule has 3 rings (SSSR count). The number of ether oxygens (including phenoxy) is 2. The fraction of sp³-hybridized carbons (Fsp3) is 0.700. The molecule has 2 aliphatic rings. The highest BCUT2D eigenvalue weighted by atomic mass is 16.5. The van der Waals surface area contributed by atoms with Crippen LogP contribution in [0.5, 0.6) is 0 Å². The maximum absolute atomic E-state index is 12.6. The van der Waals surface area contributed by atoms with Gasteiger partial charge in [0.25, 0.3) is 5.91 Å². The zero-order valence-corrected chi connectivity index (χ0v) is 17.1. The summed E-state index contributed by atoms with van der Waals surface area (Å²) in [4.78, 5) is 19.4. The number of hydrogen-bond acceptors (Lipinski definition) is 7. The number of amides is 1. The number of anilines is 1. The molecule has 0 aromatic carbocycles. The van der Waals surface area contributed by atoms with Crippen LogP contribution in [-0.4, -0.2) is 68.7 Å². The Hall–Kier alpha value is -1.74. The summed E-state index contributed by atoms with van der Waals surface area (Å²) in [7, 11) is 1.75. The summed E-state index contributed by atoms with van der Waals surface area (Å²) < 4.78 is 11.3. The van der Waals surface area contributed by atoms with Crippen LogP contribution in [0.15, 0.2) is 12.3 Å². The average molecular weight is 392 g/mol. The van der Waals surface area contributed by atoms with Gasteiger partial charge in [-0.1, -0.05) is 0 Å². The van der Waals surface area contributed by atoms with E-state index in [-0.39, 0.29) is 18.1 Å². The van der Waals surface area contributed by atoms with Gasteiger partial charge in [0.05, 0.1) is 17.8 Å². The van der Waals surface area contributed by atoms with E-state index in [0.29, 0.717) is 24.0 Å². The van der Waals surface area contributed by atoms with Crippen LogP contribution in [0.1, 0.15) is 42.1 Å². The minimum Gasteiger partial charge on any atom is -0.381 e. The van der Waals surface area contributed by atoms with E-state index in [2.05, 4.69) is 20.5 Å². The number of methoxy groups -OCH3 is 1. The maximum Gasteiger partial charge on any atom is 0.256 e. The molecule has 3 heterocycles. The van der Waals surface area contributed by atoms with Crippen molar-refractivity contribution in [1.29, 1.82) is 0 Å². The van der Waals surface area contributed by atoms with Crippen LogP contribution in [0.4, 0.5) is 5.82 Å². The molecule has 8 nitrogen and oxygen atoms in total. The van der Waals surface area contributed by atoms with Crippen LogP contribution in [0.2, 0.25) is 0 Å². The normalized spacial score (nSPS) is 24.8. The van der Waals surface area contributed by atoms with Crippen LogP contribution in [-0.2, 0) is 9.47 Å².